The molecule has 0 aliphatic heterocycles. The molecule has 3 N–H and O–H groups in total. The minimum Gasteiger partial charge on any atom is -1.00 e. The maximum Gasteiger partial charge on any atom is 1.00 e. The summed E-state index contributed by atoms with van der Waals surface area (Å²) >= 11 is 0. The van der Waals surface area contributed by atoms with E-state index in [9.17, 15) is 4.79 Å². The number of hydrogen-bond donors (Lipinski definition) is 3. The van der Waals surface area contributed by atoms with Crippen LogP contribution in [0.1, 0.15) is 27.6 Å². The SMILES string of the molecule is CCCCC(=O)O.O=S(=O)(O)O.[H-].[Na+]. The first-order chi connectivity index (χ1) is 5.27. The van der Waals surface area contributed by atoms with Crippen LogP contribution in [0.4, 0.5) is 0 Å². The van der Waals surface area contributed by atoms with E-state index in [-0.39, 0.29) is 31.0 Å². The third kappa shape index (κ3) is 70.0. The summed E-state index contributed by atoms with van der Waals surface area (Å²) in [6, 6.07) is 0. The van der Waals surface area contributed by atoms with Gasteiger partial charge >= 0.3 is 45.9 Å². The third-order valence-corrected chi connectivity index (χ3v) is 0.744. The van der Waals surface area contributed by atoms with E-state index in [1.54, 1.807) is 0 Å². The van der Waals surface area contributed by atoms with Gasteiger partial charge < -0.3 is 6.53 Å². The topological polar surface area (TPSA) is 112 Å². The van der Waals surface area contributed by atoms with Crippen LogP contribution in [0.2, 0.25) is 0 Å². The van der Waals surface area contributed by atoms with Crippen LogP contribution >= 0.6 is 0 Å². The molecule has 0 radical (unpaired) electrons. The number of rotatable bonds is 3. The van der Waals surface area contributed by atoms with Gasteiger partial charge in [-0.3, -0.25) is 13.9 Å². The van der Waals surface area contributed by atoms with E-state index in [1.807, 2.05) is 6.92 Å². The van der Waals surface area contributed by atoms with E-state index < -0.39 is 16.4 Å². The molecule has 0 aromatic carbocycles. The third-order valence-electron chi connectivity index (χ3n) is 0.744. The largest absolute Gasteiger partial charge is 1.00 e. The van der Waals surface area contributed by atoms with Crippen LogP contribution in [0, 0.1) is 0 Å². The van der Waals surface area contributed by atoms with Crippen LogP contribution in [-0.4, -0.2) is 28.6 Å². The number of carbonyl (C=O) groups is 1. The van der Waals surface area contributed by atoms with Gasteiger partial charge in [-0.05, 0) is 6.42 Å². The summed E-state index contributed by atoms with van der Waals surface area (Å²) in [5.74, 6) is -0.693. The van der Waals surface area contributed by atoms with E-state index in [0.717, 1.165) is 12.8 Å². The number of carboxylic acid groups (broad SMARTS) is 1. The van der Waals surface area contributed by atoms with Crippen molar-refractivity contribution in [1.82, 2.24) is 0 Å². The molecule has 0 aliphatic rings. The van der Waals surface area contributed by atoms with Crippen LogP contribution in [0.3, 0.4) is 0 Å². The summed E-state index contributed by atoms with van der Waals surface area (Å²) < 4.78 is 31.6. The van der Waals surface area contributed by atoms with Crippen molar-refractivity contribution in [2.45, 2.75) is 26.2 Å². The second kappa shape index (κ2) is 10.4. The fourth-order valence-corrected chi connectivity index (χ4v) is 0.328. The van der Waals surface area contributed by atoms with Crippen LogP contribution in [0.5, 0.6) is 0 Å². The van der Waals surface area contributed by atoms with Crippen LogP contribution in [0.15, 0.2) is 0 Å². The minimum atomic E-state index is -4.67. The summed E-state index contributed by atoms with van der Waals surface area (Å²) in [4.78, 5) is 9.76. The zero-order valence-electron chi connectivity index (χ0n) is 8.60. The monoisotopic (exact) mass is 224 g/mol. The normalized spacial score (nSPS) is 9.15. The summed E-state index contributed by atoms with van der Waals surface area (Å²) in [6.07, 6.45) is 2.08. The van der Waals surface area contributed by atoms with Gasteiger partial charge in [0.2, 0.25) is 0 Å². The van der Waals surface area contributed by atoms with Gasteiger partial charge in [0.1, 0.15) is 0 Å². The van der Waals surface area contributed by atoms with Gasteiger partial charge in [0, 0.05) is 6.42 Å². The second-order valence-electron chi connectivity index (χ2n) is 1.95. The van der Waals surface area contributed by atoms with Crippen molar-refractivity contribution in [3.63, 3.8) is 0 Å². The maximum atomic E-state index is 9.76. The molecule has 0 fully saturated rings. The molecule has 0 aromatic rings. The van der Waals surface area contributed by atoms with Crippen molar-refractivity contribution < 1.29 is 58.4 Å². The van der Waals surface area contributed by atoms with Gasteiger partial charge in [-0.15, -0.1) is 0 Å². The molecule has 0 bridgehead atoms. The van der Waals surface area contributed by atoms with Crippen molar-refractivity contribution >= 4 is 16.4 Å². The Morgan fingerprint density at radius 2 is 1.69 bits per heavy atom. The average molecular weight is 224 g/mol. The second-order valence-corrected chi connectivity index (χ2v) is 2.84. The number of carboxylic acids is 1. The van der Waals surface area contributed by atoms with Crippen LogP contribution in [-0.2, 0) is 15.2 Å². The van der Waals surface area contributed by atoms with Gasteiger partial charge in [0.15, 0.2) is 0 Å². The van der Waals surface area contributed by atoms with Crippen molar-refractivity contribution in [2.75, 3.05) is 0 Å². The quantitative estimate of drug-likeness (QED) is 0.368. The predicted octanol–water partition coefficient (Wildman–Crippen LogP) is -2.28. The smallest absolute Gasteiger partial charge is 1.00 e. The molecule has 0 aliphatic carbocycles. The van der Waals surface area contributed by atoms with E-state index in [4.69, 9.17) is 22.6 Å². The number of aliphatic carboxylic acids is 1. The summed E-state index contributed by atoms with van der Waals surface area (Å²) in [5, 5.41) is 8.04. The average Bonchev–Trinajstić information content (AvgIpc) is 1.79. The Bertz CT molecular complexity index is 208. The van der Waals surface area contributed by atoms with E-state index in [1.165, 1.54) is 0 Å². The van der Waals surface area contributed by atoms with E-state index in [2.05, 4.69) is 0 Å². The molecule has 8 heteroatoms. The number of hydrogen-bond acceptors (Lipinski definition) is 3. The van der Waals surface area contributed by atoms with Gasteiger partial charge in [-0.25, -0.2) is 0 Å². The van der Waals surface area contributed by atoms with Gasteiger partial charge in [0.05, 0.1) is 0 Å². The van der Waals surface area contributed by atoms with Gasteiger partial charge in [-0.1, -0.05) is 13.3 Å². The Morgan fingerprint density at radius 1 is 1.38 bits per heavy atom. The Hall–Kier alpha value is 0.340. The molecule has 0 aromatic heterocycles. The van der Waals surface area contributed by atoms with Gasteiger partial charge in [0.25, 0.3) is 0 Å². The van der Waals surface area contributed by atoms with Crippen molar-refractivity contribution in [1.29, 1.82) is 0 Å². The van der Waals surface area contributed by atoms with Crippen molar-refractivity contribution in [3.05, 3.63) is 0 Å². The fourth-order valence-electron chi connectivity index (χ4n) is 0.328. The first-order valence-corrected chi connectivity index (χ1v) is 4.58. The molecule has 0 saturated heterocycles. The first kappa shape index (κ1) is 19.0. The standard InChI is InChI=1S/C5H10O2.Na.H2O4S.H/c1-2-3-4-5(6)7;;1-5(2,3)4;/h2-4H2,1H3,(H,6,7);;(H2,1,2,3,4);/q;+1;;-1. The summed E-state index contributed by atoms with van der Waals surface area (Å²) in [7, 11) is -4.67. The van der Waals surface area contributed by atoms with Crippen molar-refractivity contribution in [2.24, 2.45) is 0 Å². The Morgan fingerprint density at radius 3 is 1.77 bits per heavy atom. The minimum absolute atomic E-state index is 0. The Labute approximate surface area is 101 Å². The maximum absolute atomic E-state index is 9.76. The molecule has 0 amide bonds. The molecule has 0 saturated carbocycles. The molecular formula is C5H13NaO6S. The van der Waals surface area contributed by atoms with Crippen LogP contribution < -0.4 is 29.6 Å². The van der Waals surface area contributed by atoms with Crippen molar-refractivity contribution in [3.8, 4) is 0 Å². The molecule has 13 heavy (non-hydrogen) atoms. The summed E-state index contributed by atoms with van der Waals surface area (Å²) in [5.41, 5.74) is 0. The number of unbranched alkanes of at least 4 members (excludes halogenated alkanes) is 1. The van der Waals surface area contributed by atoms with E-state index in [0.29, 0.717) is 6.42 Å². The molecule has 0 atom stereocenters. The fraction of sp³-hybridized carbons (Fsp3) is 0.800. The zero-order chi connectivity index (χ0) is 10.2. The molecule has 0 heterocycles. The molecule has 6 nitrogen and oxygen atoms in total. The molecule has 76 valence electrons. The first-order valence-electron chi connectivity index (χ1n) is 3.19. The van der Waals surface area contributed by atoms with Gasteiger partial charge in [-0.2, -0.15) is 8.42 Å². The Kier molecular flexibility index (Phi) is 15.2. The molecule has 0 spiro atoms. The summed E-state index contributed by atoms with van der Waals surface area (Å²) in [6.45, 7) is 1.98. The molecule has 0 rings (SSSR count). The van der Waals surface area contributed by atoms with E-state index >= 15 is 0 Å². The predicted molar refractivity (Wildman–Crippen MR) is 42.5 cm³/mol. The van der Waals surface area contributed by atoms with Crippen LogP contribution in [0.25, 0.3) is 0 Å². The molecule has 0 unspecified atom stereocenters. The zero-order valence-corrected chi connectivity index (χ0v) is 10.4. The molecular weight excluding hydrogens is 211 g/mol. The Balaban J connectivity index is -0.0000000651.